The first-order valence-electron chi connectivity index (χ1n) is 9.86. The average molecular weight is 454 g/mol. The Kier molecular flexibility index (Phi) is 6.39. The number of benzene rings is 1. The van der Waals surface area contributed by atoms with Gasteiger partial charge in [0.25, 0.3) is 5.91 Å². The number of nitriles is 1. The minimum atomic E-state index is -1.05. The van der Waals surface area contributed by atoms with Gasteiger partial charge in [-0.3, -0.25) is 9.79 Å². The van der Waals surface area contributed by atoms with E-state index >= 15 is 0 Å². The van der Waals surface area contributed by atoms with E-state index in [0.29, 0.717) is 17.7 Å². The largest absolute Gasteiger partial charge is 0.386 e. The fourth-order valence-corrected chi connectivity index (χ4v) is 4.55. The number of aliphatic hydroxyl groups is 1. The van der Waals surface area contributed by atoms with Gasteiger partial charge in [0.1, 0.15) is 17.6 Å². The molecule has 0 fully saturated rings. The van der Waals surface area contributed by atoms with E-state index in [4.69, 9.17) is 11.0 Å². The van der Waals surface area contributed by atoms with Crippen LogP contribution in [0.25, 0.3) is 0 Å². The van der Waals surface area contributed by atoms with E-state index in [2.05, 4.69) is 15.3 Å². The third kappa shape index (κ3) is 4.98. The zero-order chi connectivity index (χ0) is 23.7. The molecule has 0 saturated heterocycles. The van der Waals surface area contributed by atoms with Crippen molar-refractivity contribution in [3.8, 4) is 6.07 Å². The second-order valence-electron chi connectivity index (χ2n) is 8.30. The highest BCUT2D eigenvalue weighted by Gasteiger charge is 2.36. The van der Waals surface area contributed by atoms with Crippen molar-refractivity contribution in [2.24, 2.45) is 10.7 Å². The van der Waals surface area contributed by atoms with Crippen molar-refractivity contribution in [2.75, 3.05) is 5.32 Å². The molecule has 1 aromatic carbocycles. The molecule has 1 aliphatic heterocycles. The van der Waals surface area contributed by atoms with Crippen molar-refractivity contribution in [3.63, 3.8) is 0 Å². The van der Waals surface area contributed by atoms with E-state index in [0.717, 1.165) is 10.5 Å². The van der Waals surface area contributed by atoms with Crippen molar-refractivity contribution in [1.82, 2.24) is 4.98 Å². The van der Waals surface area contributed by atoms with Gasteiger partial charge in [0.15, 0.2) is 5.17 Å². The number of thioether (sulfide) groups is 1. The summed E-state index contributed by atoms with van der Waals surface area (Å²) in [5.41, 5.74) is 5.84. The molecule has 3 rings (SSSR count). The highest BCUT2D eigenvalue weighted by molar-refractivity contribution is 8.17. The van der Waals surface area contributed by atoms with Crippen LogP contribution in [0.3, 0.4) is 0 Å². The molecule has 1 aromatic heterocycles. The van der Waals surface area contributed by atoms with Gasteiger partial charge in [0.2, 0.25) is 0 Å². The molecule has 0 saturated carbocycles. The zero-order valence-corrected chi connectivity index (χ0v) is 19.0. The molecular formula is C23H24FN5O2S. The van der Waals surface area contributed by atoms with E-state index in [9.17, 15) is 14.3 Å². The number of nitrogens with one attached hydrogen (secondary N) is 1. The van der Waals surface area contributed by atoms with Crippen LogP contribution in [0.1, 0.15) is 55.7 Å². The number of carbonyl (C=O) groups excluding carboxylic acids is 1. The van der Waals surface area contributed by atoms with Gasteiger partial charge < -0.3 is 16.2 Å². The molecule has 1 amide bonds. The number of halogens is 1. The van der Waals surface area contributed by atoms with Crippen LogP contribution < -0.4 is 11.1 Å². The second kappa shape index (κ2) is 8.73. The lowest BCUT2D eigenvalue weighted by molar-refractivity contribution is 0.102. The van der Waals surface area contributed by atoms with Crippen LogP contribution >= 0.6 is 11.8 Å². The Hall–Kier alpha value is -3.22. The predicted molar refractivity (Wildman–Crippen MR) is 123 cm³/mol. The molecule has 0 spiro atoms. The monoisotopic (exact) mass is 453 g/mol. The minimum Gasteiger partial charge on any atom is -0.386 e. The minimum absolute atomic E-state index is 0.128. The molecule has 2 aromatic rings. The molecule has 32 heavy (non-hydrogen) atoms. The van der Waals surface area contributed by atoms with E-state index in [1.54, 1.807) is 20.8 Å². The number of pyridine rings is 1. The summed E-state index contributed by atoms with van der Waals surface area (Å²) in [6.45, 7) is 6.95. The number of hydrogen-bond donors (Lipinski definition) is 3. The molecular weight excluding hydrogens is 429 g/mol. The van der Waals surface area contributed by atoms with Gasteiger partial charge in [-0.25, -0.2) is 9.37 Å². The number of rotatable bonds is 4. The van der Waals surface area contributed by atoms with Crippen molar-refractivity contribution < 1.29 is 14.3 Å². The van der Waals surface area contributed by atoms with Gasteiger partial charge in [-0.2, -0.15) is 5.26 Å². The summed E-state index contributed by atoms with van der Waals surface area (Å²) < 4.78 is 14.9. The van der Waals surface area contributed by atoms with Crippen LogP contribution in [0.5, 0.6) is 0 Å². The van der Waals surface area contributed by atoms with Crippen molar-refractivity contribution >= 4 is 28.5 Å². The van der Waals surface area contributed by atoms with Crippen LogP contribution in [-0.2, 0) is 5.54 Å². The molecule has 4 N–H and O–H groups in total. The Morgan fingerprint density at radius 1 is 1.38 bits per heavy atom. The highest BCUT2D eigenvalue weighted by atomic mass is 32.2. The van der Waals surface area contributed by atoms with Crippen molar-refractivity contribution in [2.45, 2.75) is 45.3 Å². The maximum absolute atomic E-state index is 14.9. The van der Waals surface area contributed by atoms with Gasteiger partial charge in [-0.15, -0.1) is 0 Å². The van der Waals surface area contributed by atoms with E-state index in [-0.39, 0.29) is 16.4 Å². The number of aliphatic imine (C=N–C) groups is 1. The van der Waals surface area contributed by atoms with Gasteiger partial charge in [-0.05, 0) is 68.5 Å². The summed E-state index contributed by atoms with van der Waals surface area (Å²) >= 11 is 1.26. The number of amidine groups is 1. The third-order valence-electron chi connectivity index (χ3n) is 5.36. The van der Waals surface area contributed by atoms with E-state index in [1.807, 2.05) is 13.0 Å². The van der Waals surface area contributed by atoms with Crippen LogP contribution in [0, 0.1) is 17.1 Å². The van der Waals surface area contributed by atoms with Gasteiger partial charge >= 0.3 is 0 Å². The zero-order valence-electron chi connectivity index (χ0n) is 18.2. The maximum atomic E-state index is 14.9. The predicted octanol–water partition coefficient (Wildman–Crippen LogP) is 4.06. The Morgan fingerprint density at radius 2 is 2.09 bits per heavy atom. The fourth-order valence-electron chi connectivity index (χ4n) is 3.29. The lowest BCUT2D eigenvalue weighted by Crippen LogP contribution is -2.31. The van der Waals surface area contributed by atoms with E-state index < -0.39 is 22.9 Å². The van der Waals surface area contributed by atoms with Gasteiger partial charge in [0, 0.05) is 23.9 Å². The molecule has 1 aliphatic rings. The standard InChI is InChI=1S/C23H24FN5O2S/c1-13(22(2,3)31)19-10-23(4,29-21(26)32-19)16-9-15(6-7-17(16)24)28-20(30)18-8-5-14(11-25)12-27-18/h5-9,12,31H,10H2,1-4H3,(H2,26,29)(H,28,30)/b19-13-. The topological polar surface area (TPSA) is 124 Å². The normalized spacial score (nSPS) is 20.2. The maximum Gasteiger partial charge on any atom is 0.274 e. The van der Waals surface area contributed by atoms with Crippen LogP contribution in [0.15, 0.2) is 52.0 Å². The summed E-state index contributed by atoms with van der Waals surface area (Å²) in [5, 5.41) is 22.2. The molecule has 1 atom stereocenters. The lowest BCUT2D eigenvalue weighted by atomic mass is 9.86. The number of nitrogens with zero attached hydrogens (tertiary/aromatic N) is 3. The molecule has 0 aliphatic carbocycles. The lowest BCUT2D eigenvalue weighted by Gasteiger charge is -2.34. The first kappa shape index (κ1) is 23.4. The Balaban J connectivity index is 1.94. The van der Waals surface area contributed by atoms with Gasteiger partial charge in [0.05, 0.1) is 16.7 Å². The number of hydrogen-bond acceptors (Lipinski definition) is 7. The summed E-state index contributed by atoms with van der Waals surface area (Å²) in [6, 6.07) is 9.13. The average Bonchev–Trinajstić information content (AvgIpc) is 2.73. The number of amides is 1. The van der Waals surface area contributed by atoms with Crippen molar-refractivity contribution in [1.29, 1.82) is 5.26 Å². The highest BCUT2D eigenvalue weighted by Crippen LogP contribution is 2.45. The SMILES string of the molecule is C/C(=C1\CC(C)(c2cc(NC(=O)c3ccc(C#N)cn3)ccc2F)N=C(N)S1)C(C)(C)O. The summed E-state index contributed by atoms with van der Waals surface area (Å²) in [5.74, 6) is -0.969. The molecule has 2 heterocycles. The molecule has 9 heteroatoms. The quantitative estimate of drug-likeness (QED) is 0.641. The molecule has 1 unspecified atom stereocenters. The van der Waals surface area contributed by atoms with E-state index in [1.165, 1.54) is 48.3 Å². The van der Waals surface area contributed by atoms with Crippen LogP contribution in [-0.4, -0.2) is 26.8 Å². The second-order valence-corrected chi connectivity index (χ2v) is 9.42. The molecule has 7 nitrogen and oxygen atoms in total. The summed E-state index contributed by atoms with van der Waals surface area (Å²) in [4.78, 5) is 21.8. The Labute approximate surface area is 190 Å². The Morgan fingerprint density at radius 3 is 2.69 bits per heavy atom. The van der Waals surface area contributed by atoms with Crippen LogP contribution in [0.4, 0.5) is 10.1 Å². The van der Waals surface area contributed by atoms with Crippen LogP contribution in [0.2, 0.25) is 0 Å². The first-order chi connectivity index (χ1) is 14.9. The number of anilines is 1. The Bertz CT molecular complexity index is 1160. The molecule has 166 valence electrons. The first-order valence-corrected chi connectivity index (χ1v) is 10.7. The summed E-state index contributed by atoms with van der Waals surface area (Å²) in [6.07, 6.45) is 1.65. The fraction of sp³-hybridized carbons (Fsp3) is 0.304. The number of carbonyl (C=O) groups is 1. The summed E-state index contributed by atoms with van der Waals surface area (Å²) in [7, 11) is 0. The number of nitrogens with two attached hydrogens (primary N) is 1. The molecule has 0 bridgehead atoms. The van der Waals surface area contributed by atoms with Gasteiger partial charge in [-0.1, -0.05) is 11.8 Å². The smallest absolute Gasteiger partial charge is 0.274 e. The molecule has 0 radical (unpaired) electrons. The third-order valence-corrected chi connectivity index (χ3v) is 6.35. The van der Waals surface area contributed by atoms with Crippen molar-refractivity contribution in [3.05, 3.63) is 69.6 Å². The number of aromatic nitrogens is 1.